The van der Waals surface area contributed by atoms with Crippen molar-refractivity contribution in [2.45, 2.75) is 32.7 Å². The van der Waals surface area contributed by atoms with E-state index >= 15 is 0 Å². The maximum absolute atomic E-state index is 13.5. The van der Waals surface area contributed by atoms with Crippen LogP contribution < -0.4 is 15.1 Å². The summed E-state index contributed by atoms with van der Waals surface area (Å²) in [4.78, 5) is 28.6. The number of anilines is 3. The van der Waals surface area contributed by atoms with Gasteiger partial charge in [-0.1, -0.05) is 17.7 Å². The second-order valence-corrected chi connectivity index (χ2v) is 8.85. The third kappa shape index (κ3) is 4.58. The van der Waals surface area contributed by atoms with E-state index in [0.717, 1.165) is 43.2 Å². The fourth-order valence-electron chi connectivity index (χ4n) is 4.55. The van der Waals surface area contributed by atoms with Gasteiger partial charge in [0, 0.05) is 45.1 Å². The number of likely N-dealkylation sites (tertiary alicyclic amines) is 1. The van der Waals surface area contributed by atoms with Crippen LogP contribution in [-0.4, -0.2) is 75.5 Å². The number of fused-ring (bicyclic) bond motifs is 1. The van der Waals surface area contributed by atoms with Gasteiger partial charge in [-0.15, -0.1) is 5.10 Å². The van der Waals surface area contributed by atoms with Crippen molar-refractivity contribution in [2.75, 3.05) is 54.9 Å². The smallest absolute Gasteiger partial charge is 0.263 e. The van der Waals surface area contributed by atoms with Crippen LogP contribution in [-0.2, 0) is 6.54 Å². The van der Waals surface area contributed by atoms with Crippen LogP contribution in [0.25, 0.3) is 5.69 Å². The molecular weight excluding hydrogens is 430 g/mol. The molecule has 4 heterocycles. The Kier molecular flexibility index (Phi) is 6.39. The van der Waals surface area contributed by atoms with Gasteiger partial charge < -0.3 is 15.1 Å². The van der Waals surface area contributed by atoms with E-state index in [9.17, 15) is 4.79 Å². The van der Waals surface area contributed by atoms with Crippen molar-refractivity contribution in [1.29, 1.82) is 0 Å². The van der Waals surface area contributed by atoms with Crippen molar-refractivity contribution in [2.24, 2.45) is 0 Å². The fraction of sp³-hybridized carbons (Fsp3) is 0.458. The Morgan fingerprint density at radius 1 is 1.06 bits per heavy atom. The summed E-state index contributed by atoms with van der Waals surface area (Å²) in [6.07, 6.45) is 7.41. The quantitative estimate of drug-likeness (QED) is 0.599. The molecule has 1 N–H and O–H groups in total. The van der Waals surface area contributed by atoms with E-state index in [-0.39, 0.29) is 5.91 Å². The second-order valence-electron chi connectivity index (χ2n) is 8.85. The highest BCUT2D eigenvalue weighted by molar-refractivity contribution is 6.09. The maximum atomic E-state index is 13.5. The molecule has 0 saturated carbocycles. The number of hydrogen-bond acceptors (Lipinski definition) is 8. The first kappa shape index (κ1) is 22.3. The second kappa shape index (κ2) is 9.76. The van der Waals surface area contributed by atoms with Crippen LogP contribution in [0.4, 0.5) is 17.5 Å². The van der Waals surface area contributed by atoms with E-state index in [2.05, 4.69) is 30.5 Å². The molecule has 178 valence electrons. The largest absolute Gasteiger partial charge is 0.357 e. The molecule has 5 rings (SSSR count). The summed E-state index contributed by atoms with van der Waals surface area (Å²) >= 11 is 0. The first-order chi connectivity index (χ1) is 16.6. The zero-order chi connectivity index (χ0) is 23.5. The Balaban J connectivity index is 1.38. The summed E-state index contributed by atoms with van der Waals surface area (Å²) in [7, 11) is 1.95. The molecule has 1 aromatic carbocycles. The molecule has 10 nitrogen and oxygen atoms in total. The molecule has 0 radical (unpaired) electrons. The van der Waals surface area contributed by atoms with Crippen molar-refractivity contribution in [1.82, 2.24) is 29.9 Å². The Hall–Kier alpha value is -3.53. The minimum atomic E-state index is -0.107. The first-order valence-electron chi connectivity index (χ1n) is 12.0. The number of rotatable bonds is 6. The fourth-order valence-corrected chi connectivity index (χ4v) is 4.55. The van der Waals surface area contributed by atoms with Gasteiger partial charge in [0.25, 0.3) is 5.91 Å². The van der Waals surface area contributed by atoms with Crippen molar-refractivity contribution >= 4 is 23.4 Å². The summed E-state index contributed by atoms with van der Waals surface area (Å²) in [5.74, 6) is 1.07. The summed E-state index contributed by atoms with van der Waals surface area (Å²) in [5.41, 5.74) is 3.14. The Morgan fingerprint density at radius 3 is 2.71 bits per heavy atom. The van der Waals surface area contributed by atoms with Gasteiger partial charge in [-0.2, -0.15) is 4.98 Å². The molecule has 34 heavy (non-hydrogen) atoms. The number of nitrogens with one attached hydrogen (secondary N) is 1. The molecule has 3 aromatic rings. The zero-order valence-electron chi connectivity index (χ0n) is 19.8. The topological polar surface area (TPSA) is 95.3 Å². The van der Waals surface area contributed by atoms with E-state index in [0.29, 0.717) is 30.4 Å². The Bertz CT molecular complexity index is 1150. The third-order valence-electron chi connectivity index (χ3n) is 6.38. The number of benzene rings is 1. The number of carbonyl (C=O) groups is 1. The minimum Gasteiger partial charge on any atom is -0.357 e. The number of carbonyl (C=O) groups excluding carboxylic acids is 1. The van der Waals surface area contributed by atoms with Crippen molar-refractivity contribution in [3.05, 3.63) is 47.9 Å². The number of likely N-dealkylation sites (N-methyl/N-ethyl adjacent to an activating group) is 1. The monoisotopic (exact) mass is 461 g/mol. The van der Waals surface area contributed by atoms with Crippen LogP contribution in [0.5, 0.6) is 0 Å². The molecule has 2 aromatic heterocycles. The SMILES string of the molecule is CCNc1ncc2c(n1)N(C)CCN(c1cccc(-n3cc(CN4CCCCC4)nn3)c1)C2=O. The van der Waals surface area contributed by atoms with Crippen LogP contribution >= 0.6 is 0 Å². The average Bonchev–Trinajstić information content (AvgIpc) is 3.29. The molecule has 0 unspecified atom stereocenters. The summed E-state index contributed by atoms with van der Waals surface area (Å²) < 4.78 is 1.79. The first-order valence-corrected chi connectivity index (χ1v) is 12.0. The number of aromatic nitrogens is 5. The van der Waals surface area contributed by atoms with E-state index in [1.807, 2.05) is 49.3 Å². The predicted octanol–water partition coefficient (Wildman–Crippen LogP) is 2.57. The van der Waals surface area contributed by atoms with Crippen LogP contribution in [0.2, 0.25) is 0 Å². The number of nitrogens with zero attached hydrogens (tertiary/aromatic N) is 8. The van der Waals surface area contributed by atoms with E-state index < -0.39 is 0 Å². The molecule has 2 aliphatic rings. The Labute approximate surface area is 199 Å². The lowest BCUT2D eigenvalue weighted by Gasteiger charge is -2.25. The normalized spacial score (nSPS) is 16.9. The van der Waals surface area contributed by atoms with Gasteiger partial charge in [0.2, 0.25) is 5.95 Å². The van der Waals surface area contributed by atoms with Gasteiger partial charge in [0.15, 0.2) is 0 Å². The van der Waals surface area contributed by atoms with Crippen LogP contribution in [0.1, 0.15) is 42.2 Å². The van der Waals surface area contributed by atoms with Gasteiger partial charge in [-0.25, -0.2) is 9.67 Å². The Morgan fingerprint density at radius 2 is 1.88 bits per heavy atom. The molecule has 0 spiro atoms. The highest BCUT2D eigenvalue weighted by Gasteiger charge is 2.28. The van der Waals surface area contributed by atoms with Crippen LogP contribution in [0.3, 0.4) is 0 Å². The third-order valence-corrected chi connectivity index (χ3v) is 6.38. The number of hydrogen-bond donors (Lipinski definition) is 1. The van der Waals surface area contributed by atoms with Crippen LogP contribution in [0.15, 0.2) is 36.7 Å². The molecule has 2 aliphatic heterocycles. The maximum Gasteiger partial charge on any atom is 0.263 e. The number of amides is 1. The van der Waals surface area contributed by atoms with Gasteiger partial charge >= 0.3 is 0 Å². The lowest BCUT2D eigenvalue weighted by atomic mass is 10.1. The van der Waals surface area contributed by atoms with E-state index in [1.165, 1.54) is 19.3 Å². The average molecular weight is 462 g/mol. The van der Waals surface area contributed by atoms with Crippen molar-refractivity contribution in [3.8, 4) is 5.69 Å². The number of piperidine rings is 1. The van der Waals surface area contributed by atoms with Gasteiger partial charge in [0.05, 0.1) is 17.6 Å². The predicted molar refractivity (Wildman–Crippen MR) is 132 cm³/mol. The highest BCUT2D eigenvalue weighted by atomic mass is 16.2. The molecular formula is C24H31N9O. The van der Waals surface area contributed by atoms with Gasteiger partial charge in [-0.05, 0) is 51.1 Å². The minimum absolute atomic E-state index is 0.107. The zero-order valence-corrected chi connectivity index (χ0v) is 19.8. The summed E-state index contributed by atoms with van der Waals surface area (Å²) in [6.45, 7) is 6.98. The van der Waals surface area contributed by atoms with Gasteiger partial charge in [0.1, 0.15) is 11.4 Å². The lowest BCUT2D eigenvalue weighted by Crippen LogP contribution is -2.33. The molecule has 0 atom stereocenters. The highest BCUT2D eigenvalue weighted by Crippen LogP contribution is 2.27. The lowest BCUT2D eigenvalue weighted by molar-refractivity contribution is 0.0989. The molecule has 10 heteroatoms. The molecule has 1 amide bonds. The summed E-state index contributed by atoms with van der Waals surface area (Å²) in [5, 5.41) is 11.9. The molecule has 1 saturated heterocycles. The standard InChI is InChI=1S/C24H31N9O/c1-3-25-24-26-15-21-22(27-24)30(2)12-13-32(23(21)34)19-8-7-9-20(14-19)33-17-18(28-29-33)16-31-10-5-4-6-11-31/h7-9,14-15,17H,3-6,10-13,16H2,1-2H3,(H,25,26,27). The van der Waals surface area contributed by atoms with E-state index in [4.69, 9.17) is 0 Å². The van der Waals surface area contributed by atoms with E-state index in [1.54, 1.807) is 15.8 Å². The summed E-state index contributed by atoms with van der Waals surface area (Å²) in [6, 6.07) is 7.86. The van der Waals surface area contributed by atoms with Gasteiger partial charge in [-0.3, -0.25) is 9.69 Å². The van der Waals surface area contributed by atoms with Crippen molar-refractivity contribution in [3.63, 3.8) is 0 Å². The molecule has 1 fully saturated rings. The van der Waals surface area contributed by atoms with Crippen LogP contribution in [0, 0.1) is 0 Å². The molecule has 0 bridgehead atoms. The molecule has 0 aliphatic carbocycles. The van der Waals surface area contributed by atoms with Crippen molar-refractivity contribution < 1.29 is 4.79 Å².